The number of imidazole rings is 1. The molecule has 1 heterocycles. The molecule has 0 aromatic carbocycles. The zero-order valence-corrected chi connectivity index (χ0v) is 13.2. The molecule has 0 bridgehead atoms. The Kier molecular flexibility index (Phi) is 10.2. The summed E-state index contributed by atoms with van der Waals surface area (Å²) in [5.74, 6) is 0.875. The van der Waals surface area contributed by atoms with Gasteiger partial charge in [0.2, 0.25) is 6.33 Å². The van der Waals surface area contributed by atoms with Crippen LogP contribution in [0, 0.1) is 5.92 Å². The van der Waals surface area contributed by atoms with Crippen LogP contribution in [-0.4, -0.2) is 11.8 Å². The first-order valence-corrected chi connectivity index (χ1v) is 7.57. The van der Waals surface area contributed by atoms with E-state index in [0.29, 0.717) is 0 Å². The second-order valence-electron chi connectivity index (χ2n) is 5.76. The molecule has 0 aliphatic carbocycles. The van der Waals surface area contributed by atoms with Crippen LogP contribution >= 0.6 is 0 Å². The Morgan fingerprint density at radius 2 is 1.52 bits per heavy atom. The van der Waals surface area contributed by atoms with Gasteiger partial charge in [-0.15, -0.1) is 0 Å². The van der Waals surface area contributed by atoms with E-state index >= 15 is 0 Å². The van der Waals surface area contributed by atoms with Crippen LogP contribution in [0.5, 0.6) is 0 Å². The summed E-state index contributed by atoms with van der Waals surface area (Å²) in [4.78, 5) is 0. The van der Waals surface area contributed by atoms with Crippen LogP contribution < -0.4 is 4.57 Å². The van der Waals surface area contributed by atoms with Crippen LogP contribution in [0.25, 0.3) is 0 Å². The number of rotatable bonds is 8. The lowest BCUT2D eigenvalue weighted by Gasteiger charge is -2.03. The summed E-state index contributed by atoms with van der Waals surface area (Å²) >= 11 is 0. The van der Waals surface area contributed by atoms with E-state index in [1.807, 2.05) is 0 Å². The first-order chi connectivity index (χ1) is 9.68. The number of hydrogen-bond acceptors (Lipinski definition) is 0. The SMILES string of the molecule is CC(C)CCCCCCCn1cc[n+](C)c1.F[B-](F)(F)F. The molecule has 0 spiro atoms. The van der Waals surface area contributed by atoms with Gasteiger partial charge >= 0.3 is 7.25 Å². The lowest BCUT2D eigenvalue weighted by Crippen LogP contribution is -2.23. The second kappa shape index (κ2) is 10.7. The summed E-state index contributed by atoms with van der Waals surface area (Å²) in [6, 6.07) is 0. The molecule has 0 N–H and O–H groups in total. The van der Waals surface area contributed by atoms with Gasteiger partial charge in [0.1, 0.15) is 12.4 Å². The molecule has 1 aromatic rings. The molecular weight excluding hydrogens is 283 g/mol. The predicted molar refractivity (Wildman–Crippen MR) is 78.3 cm³/mol. The fraction of sp³-hybridized carbons (Fsp3) is 0.786. The highest BCUT2D eigenvalue weighted by Gasteiger charge is 2.20. The zero-order chi connectivity index (χ0) is 16.3. The number of aromatic nitrogens is 2. The zero-order valence-electron chi connectivity index (χ0n) is 13.2. The van der Waals surface area contributed by atoms with Crippen molar-refractivity contribution in [1.82, 2.24) is 4.57 Å². The Balaban J connectivity index is 0.000000690. The number of hydrogen-bond donors (Lipinski definition) is 0. The maximum absolute atomic E-state index is 9.75. The third kappa shape index (κ3) is 16.9. The van der Waals surface area contributed by atoms with Crippen molar-refractivity contribution in [2.75, 3.05) is 0 Å². The lowest BCUT2D eigenvalue weighted by molar-refractivity contribution is -0.671. The van der Waals surface area contributed by atoms with E-state index in [1.54, 1.807) is 0 Å². The van der Waals surface area contributed by atoms with Crippen LogP contribution in [0.1, 0.15) is 52.4 Å². The minimum absolute atomic E-state index is 0.875. The van der Waals surface area contributed by atoms with Gasteiger partial charge in [-0.3, -0.25) is 0 Å². The molecule has 0 amide bonds. The van der Waals surface area contributed by atoms with E-state index < -0.39 is 7.25 Å². The topological polar surface area (TPSA) is 8.81 Å². The molecule has 1 rings (SSSR count). The number of unbranched alkanes of at least 4 members (excludes halogenated alkanes) is 4. The third-order valence-corrected chi connectivity index (χ3v) is 3.02. The first kappa shape index (κ1) is 20.0. The third-order valence-electron chi connectivity index (χ3n) is 3.02. The molecule has 0 aliphatic heterocycles. The predicted octanol–water partition coefficient (Wildman–Crippen LogP) is 4.61. The van der Waals surface area contributed by atoms with Crippen molar-refractivity contribution in [2.24, 2.45) is 13.0 Å². The molecule has 0 unspecified atom stereocenters. The molecule has 0 radical (unpaired) electrons. The molecule has 0 fully saturated rings. The van der Waals surface area contributed by atoms with Crippen LogP contribution in [0.3, 0.4) is 0 Å². The largest absolute Gasteiger partial charge is 0.673 e. The van der Waals surface area contributed by atoms with Crippen molar-refractivity contribution in [3.05, 3.63) is 18.7 Å². The van der Waals surface area contributed by atoms with Gasteiger partial charge in [-0.2, -0.15) is 0 Å². The van der Waals surface area contributed by atoms with E-state index in [9.17, 15) is 17.3 Å². The molecule has 7 heteroatoms. The molecule has 0 aliphatic rings. The van der Waals surface area contributed by atoms with Crippen molar-refractivity contribution in [3.8, 4) is 0 Å². The van der Waals surface area contributed by atoms with Gasteiger partial charge in [0, 0.05) is 0 Å². The summed E-state index contributed by atoms with van der Waals surface area (Å²) < 4.78 is 43.4. The highest BCUT2D eigenvalue weighted by molar-refractivity contribution is 6.50. The Morgan fingerprint density at radius 1 is 1.00 bits per heavy atom. The average Bonchev–Trinajstić information content (AvgIpc) is 2.71. The van der Waals surface area contributed by atoms with E-state index in [1.165, 1.54) is 45.1 Å². The molecule has 2 nitrogen and oxygen atoms in total. The maximum Gasteiger partial charge on any atom is 0.673 e. The van der Waals surface area contributed by atoms with Crippen LogP contribution in [0.15, 0.2) is 18.7 Å². The van der Waals surface area contributed by atoms with Crippen molar-refractivity contribution in [2.45, 2.75) is 58.9 Å². The van der Waals surface area contributed by atoms with Gasteiger partial charge in [-0.25, -0.2) is 9.13 Å². The molecular formula is C14H27BF4N2. The van der Waals surface area contributed by atoms with Crippen molar-refractivity contribution < 1.29 is 21.8 Å². The molecule has 0 saturated heterocycles. The quantitative estimate of drug-likeness (QED) is 0.287. The monoisotopic (exact) mass is 310 g/mol. The molecule has 21 heavy (non-hydrogen) atoms. The summed E-state index contributed by atoms with van der Waals surface area (Å²) in [7, 11) is -3.93. The van der Waals surface area contributed by atoms with E-state index in [-0.39, 0.29) is 0 Å². The van der Waals surface area contributed by atoms with Crippen molar-refractivity contribution in [1.29, 1.82) is 0 Å². The Hall–Kier alpha value is -1.01. The fourth-order valence-corrected chi connectivity index (χ4v) is 2.01. The molecule has 0 saturated carbocycles. The Labute approximate surface area is 125 Å². The van der Waals surface area contributed by atoms with Crippen LogP contribution in [-0.2, 0) is 13.6 Å². The van der Waals surface area contributed by atoms with Crippen molar-refractivity contribution in [3.63, 3.8) is 0 Å². The van der Waals surface area contributed by atoms with E-state index in [4.69, 9.17) is 0 Å². The standard InChI is InChI=1S/C14H27N2.BF4/c1-14(2)9-7-5-4-6-8-10-16-12-11-15(3)13-16;2-1(3,4)5/h11-14H,4-10H2,1-3H3;/q+1;-1. The van der Waals surface area contributed by atoms with Gasteiger partial charge < -0.3 is 17.3 Å². The Bertz CT molecular complexity index is 358. The first-order valence-electron chi connectivity index (χ1n) is 7.57. The lowest BCUT2D eigenvalue weighted by atomic mass is 10.0. The summed E-state index contributed by atoms with van der Waals surface area (Å²) in [5, 5.41) is 0. The molecule has 0 atom stereocenters. The van der Waals surface area contributed by atoms with Gasteiger partial charge in [0.05, 0.1) is 13.6 Å². The van der Waals surface area contributed by atoms with Gasteiger partial charge in [-0.1, -0.05) is 39.5 Å². The minimum atomic E-state index is -6.00. The highest BCUT2D eigenvalue weighted by Crippen LogP contribution is 2.10. The van der Waals surface area contributed by atoms with Crippen molar-refractivity contribution >= 4 is 7.25 Å². The van der Waals surface area contributed by atoms with E-state index in [2.05, 4.69) is 48.8 Å². The van der Waals surface area contributed by atoms with Gasteiger partial charge in [0.15, 0.2) is 0 Å². The van der Waals surface area contributed by atoms with Crippen LogP contribution in [0.4, 0.5) is 17.3 Å². The van der Waals surface area contributed by atoms with Gasteiger partial charge in [0.25, 0.3) is 0 Å². The number of aryl methyl sites for hydroxylation is 2. The number of halogens is 4. The summed E-state index contributed by atoms with van der Waals surface area (Å²) in [6.45, 7) is 5.79. The average molecular weight is 310 g/mol. The Morgan fingerprint density at radius 3 is 2.00 bits per heavy atom. The fourth-order valence-electron chi connectivity index (χ4n) is 2.01. The van der Waals surface area contributed by atoms with E-state index in [0.717, 1.165) is 5.92 Å². The van der Waals surface area contributed by atoms with Crippen LogP contribution in [0.2, 0.25) is 0 Å². The highest BCUT2D eigenvalue weighted by atomic mass is 19.5. The minimum Gasteiger partial charge on any atom is -0.418 e. The molecule has 124 valence electrons. The molecule has 1 aromatic heterocycles. The summed E-state index contributed by atoms with van der Waals surface area (Å²) in [6.07, 6.45) is 14.7. The maximum atomic E-state index is 9.75. The summed E-state index contributed by atoms with van der Waals surface area (Å²) in [5.41, 5.74) is 0. The smallest absolute Gasteiger partial charge is 0.418 e. The number of nitrogens with zero attached hydrogens (tertiary/aromatic N) is 2. The second-order valence-corrected chi connectivity index (χ2v) is 5.76. The van der Waals surface area contributed by atoms with Gasteiger partial charge in [-0.05, 0) is 18.8 Å². The normalized spacial score (nSPS) is 11.4.